The number of rotatable bonds is 82. The summed E-state index contributed by atoms with van der Waals surface area (Å²) in [6, 6.07) is 0. The first-order chi connectivity index (χ1) is 43.7. The van der Waals surface area contributed by atoms with Crippen molar-refractivity contribution in [2.75, 3.05) is 6.61 Å². The number of carbonyl (C=O) groups is 1. The van der Waals surface area contributed by atoms with Crippen LogP contribution in [-0.2, 0) is 9.53 Å². The van der Waals surface area contributed by atoms with Gasteiger partial charge in [-0.1, -0.05) is 495 Å². The fraction of sp³-hybridized carbons (Fsp3) is 0.988. The highest BCUT2D eigenvalue weighted by Crippen LogP contribution is 2.22. The lowest BCUT2D eigenvalue weighted by Gasteiger charge is -2.10. The molecule has 0 spiro atoms. The normalized spacial score (nSPS) is 12.1. The minimum Gasteiger partial charge on any atom is -0.466 e. The number of aliphatic hydroxyl groups is 1. The SMILES string of the molecule is CCCCCCCCCCCCCCCCCCCCCCCCCCCCCCCCCCCCCCCCCCCCCCCCCCCCCCCCCCCCCCCCCCCOC(=O)CCCCCCCCCCC(O)CCCCCC. The largest absolute Gasteiger partial charge is 0.466 e. The second-order valence-electron chi connectivity index (χ2n) is 29.7. The van der Waals surface area contributed by atoms with Gasteiger partial charge < -0.3 is 9.84 Å². The van der Waals surface area contributed by atoms with Crippen molar-refractivity contribution in [3.8, 4) is 0 Å². The van der Waals surface area contributed by atoms with Crippen LogP contribution in [0.15, 0.2) is 0 Å². The molecule has 0 aromatic rings. The van der Waals surface area contributed by atoms with Crippen LogP contribution in [0.2, 0.25) is 0 Å². The Morgan fingerprint density at radius 2 is 0.341 bits per heavy atom. The van der Waals surface area contributed by atoms with Gasteiger partial charge in [0.1, 0.15) is 0 Å². The summed E-state index contributed by atoms with van der Waals surface area (Å²) in [5.74, 6) is 0.0108. The molecule has 0 fully saturated rings. The van der Waals surface area contributed by atoms with Gasteiger partial charge in [0.2, 0.25) is 0 Å². The van der Waals surface area contributed by atoms with E-state index in [2.05, 4.69) is 13.8 Å². The molecule has 528 valence electrons. The molecule has 0 aliphatic heterocycles. The van der Waals surface area contributed by atoms with Gasteiger partial charge in [-0.05, 0) is 25.7 Å². The fourth-order valence-electron chi connectivity index (χ4n) is 14.2. The third-order valence-corrected chi connectivity index (χ3v) is 20.6. The highest BCUT2D eigenvalue weighted by atomic mass is 16.5. The van der Waals surface area contributed by atoms with Gasteiger partial charge in [-0.3, -0.25) is 4.79 Å². The lowest BCUT2D eigenvalue weighted by atomic mass is 10.0. The molecule has 0 bridgehead atoms. The maximum atomic E-state index is 12.1. The predicted octanol–water partition coefficient (Wildman–Crippen LogP) is 31.1. The molecular weight excluding hydrogens is 1070 g/mol. The summed E-state index contributed by atoms with van der Waals surface area (Å²) in [6.07, 6.45) is 112. The smallest absolute Gasteiger partial charge is 0.305 e. The van der Waals surface area contributed by atoms with E-state index in [4.69, 9.17) is 4.74 Å². The Morgan fingerprint density at radius 1 is 0.205 bits per heavy atom. The number of hydrogen-bond donors (Lipinski definition) is 1. The van der Waals surface area contributed by atoms with E-state index in [1.165, 1.54) is 475 Å². The molecule has 1 N–H and O–H groups in total. The van der Waals surface area contributed by atoms with Crippen LogP contribution >= 0.6 is 0 Å². The molecule has 0 radical (unpaired) electrons. The molecule has 0 amide bonds. The maximum absolute atomic E-state index is 12.1. The number of esters is 1. The molecule has 0 aliphatic rings. The van der Waals surface area contributed by atoms with Crippen LogP contribution in [0.3, 0.4) is 0 Å². The van der Waals surface area contributed by atoms with Crippen LogP contribution in [0.1, 0.15) is 528 Å². The molecule has 0 aromatic carbocycles. The second-order valence-corrected chi connectivity index (χ2v) is 29.7. The monoisotopic (exact) mass is 1240 g/mol. The topological polar surface area (TPSA) is 46.5 Å². The van der Waals surface area contributed by atoms with Gasteiger partial charge in [-0.2, -0.15) is 0 Å². The fourth-order valence-corrected chi connectivity index (χ4v) is 14.2. The van der Waals surface area contributed by atoms with Crippen molar-refractivity contribution >= 4 is 5.97 Å². The van der Waals surface area contributed by atoms with Crippen molar-refractivity contribution in [1.82, 2.24) is 0 Å². The number of aliphatic hydroxyl groups excluding tert-OH is 1. The molecule has 1 unspecified atom stereocenters. The summed E-state index contributed by atoms with van der Waals surface area (Å²) in [5.41, 5.74) is 0. The third-order valence-electron chi connectivity index (χ3n) is 20.6. The standard InChI is InChI=1S/C85H170O3/c1-3-5-7-9-10-11-12-13-14-15-16-17-18-19-20-21-22-23-24-25-26-27-28-29-30-31-32-33-34-35-36-37-38-39-40-41-42-43-44-45-46-47-48-49-50-51-52-53-54-55-56-57-58-59-60-61-62-63-64-65-66-69-72-75-79-83-88-85(87)82-78-74-71-68-67-70-73-77-81-84(86)80-76-8-6-4-2/h84,86H,3-83H2,1-2H3. The molecule has 0 saturated heterocycles. The van der Waals surface area contributed by atoms with Gasteiger partial charge in [0.15, 0.2) is 0 Å². The van der Waals surface area contributed by atoms with Crippen LogP contribution in [-0.4, -0.2) is 23.8 Å². The summed E-state index contributed by atoms with van der Waals surface area (Å²) in [5, 5.41) is 10.1. The zero-order valence-electron chi connectivity index (χ0n) is 61.6. The number of unbranched alkanes of at least 4 members (excludes halogenated alkanes) is 74. The quantitative estimate of drug-likeness (QED) is 0.0488. The Kier molecular flexibility index (Phi) is 82.0. The molecule has 0 rings (SSSR count). The van der Waals surface area contributed by atoms with Crippen molar-refractivity contribution in [1.29, 1.82) is 0 Å². The predicted molar refractivity (Wildman–Crippen MR) is 398 cm³/mol. The minimum atomic E-state index is -0.0809. The first kappa shape index (κ1) is 87.4. The van der Waals surface area contributed by atoms with E-state index in [0.29, 0.717) is 13.0 Å². The van der Waals surface area contributed by atoms with Crippen molar-refractivity contribution in [3.63, 3.8) is 0 Å². The van der Waals surface area contributed by atoms with Gasteiger partial charge >= 0.3 is 5.97 Å². The Morgan fingerprint density at radius 3 is 0.523 bits per heavy atom. The van der Waals surface area contributed by atoms with E-state index in [0.717, 1.165) is 32.1 Å². The third kappa shape index (κ3) is 81.5. The first-order valence-corrected chi connectivity index (χ1v) is 42.5. The molecule has 3 nitrogen and oxygen atoms in total. The number of carbonyl (C=O) groups excluding carboxylic acids is 1. The Hall–Kier alpha value is -0.570. The summed E-state index contributed by atoms with van der Waals surface area (Å²) >= 11 is 0. The molecule has 0 heterocycles. The second kappa shape index (κ2) is 82.5. The summed E-state index contributed by atoms with van der Waals surface area (Å²) in [4.78, 5) is 12.1. The van der Waals surface area contributed by atoms with E-state index >= 15 is 0 Å². The Bertz CT molecular complexity index is 1200. The molecule has 88 heavy (non-hydrogen) atoms. The van der Waals surface area contributed by atoms with Gasteiger partial charge in [-0.15, -0.1) is 0 Å². The number of hydrogen-bond acceptors (Lipinski definition) is 3. The van der Waals surface area contributed by atoms with E-state index in [1.807, 2.05) is 0 Å². The summed E-state index contributed by atoms with van der Waals surface area (Å²) in [7, 11) is 0. The zero-order valence-corrected chi connectivity index (χ0v) is 61.6. The van der Waals surface area contributed by atoms with E-state index in [9.17, 15) is 9.90 Å². The van der Waals surface area contributed by atoms with E-state index in [-0.39, 0.29) is 12.1 Å². The Labute approximate surface area is 557 Å². The molecule has 0 aliphatic carbocycles. The summed E-state index contributed by atoms with van der Waals surface area (Å²) < 4.78 is 5.50. The highest BCUT2D eigenvalue weighted by molar-refractivity contribution is 5.69. The average molecular weight is 1240 g/mol. The number of ether oxygens (including phenoxy) is 1. The van der Waals surface area contributed by atoms with Crippen LogP contribution in [0.5, 0.6) is 0 Å². The van der Waals surface area contributed by atoms with Crippen molar-refractivity contribution in [3.05, 3.63) is 0 Å². The van der Waals surface area contributed by atoms with Crippen molar-refractivity contribution in [2.24, 2.45) is 0 Å². The van der Waals surface area contributed by atoms with Crippen molar-refractivity contribution in [2.45, 2.75) is 534 Å². The molecular formula is C85H170O3. The van der Waals surface area contributed by atoms with Crippen LogP contribution < -0.4 is 0 Å². The molecule has 1 atom stereocenters. The van der Waals surface area contributed by atoms with Gasteiger partial charge in [-0.25, -0.2) is 0 Å². The Balaban J connectivity index is 3.13. The van der Waals surface area contributed by atoms with Gasteiger partial charge in [0.25, 0.3) is 0 Å². The van der Waals surface area contributed by atoms with Crippen molar-refractivity contribution < 1.29 is 14.6 Å². The van der Waals surface area contributed by atoms with Crippen LogP contribution in [0, 0.1) is 0 Å². The zero-order chi connectivity index (χ0) is 63.1. The van der Waals surface area contributed by atoms with Gasteiger partial charge in [0.05, 0.1) is 12.7 Å². The maximum Gasteiger partial charge on any atom is 0.305 e. The minimum absolute atomic E-state index is 0.0108. The van der Waals surface area contributed by atoms with E-state index in [1.54, 1.807) is 0 Å². The molecule has 0 saturated carbocycles. The van der Waals surface area contributed by atoms with Crippen LogP contribution in [0.25, 0.3) is 0 Å². The lowest BCUT2D eigenvalue weighted by Crippen LogP contribution is -2.06. The average Bonchev–Trinajstić information content (AvgIpc) is 3.53. The van der Waals surface area contributed by atoms with Gasteiger partial charge in [0, 0.05) is 6.42 Å². The van der Waals surface area contributed by atoms with E-state index < -0.39 is 0 Å². The molecule has 0 aromatic heterocycles. The van der Waals surface area contributed by atoms with Crippen LogP contribution in [0.4, 0.5) is 0 Å². The summed E-state index contributed by atoms with van der Waals surface area (Å²) in [6.45, 7) is 5.17. The highest BCUT2D eigenvalue weighted by Gasteiger charge is 2.06. The lowest BCUT2D eigenvalue weighted by molar-refractivity contribution is -0.143. The molecule has 3 heteroatoms. The first-order valence-electron chi connectivity index (χ1n) is 42.5.